The maximum Gasteiger partial charge on any atom is 0.219 e. The molecule has 4 heteroatoms. The summed E-state index contributed by atoms with van der Waals surface area (Å²) in [5.74, 6) is 0.350. The van der Waals surface area contributed by atoms with Crippen molar-refractivity contribution < 1.29 is 0 Å². The Hall–Kier alpha value is -1.16. The quantitative estimate of drug-likeness (QED) is 0.760. The third-order valence-electron chi connectivity index (χ3n) is 2.80. The molecule has 1 atom stereocenters. The van der Waals surface area contributed by atoms with Gasteiger partial charge in [0.15, 0.2) is 0 Å². The number of anilines is 1. The molecule has 2 N–H and O–H groups in total. The number of nitrogen functional groups attached to an aromatic ring is 1. The number of hydrogen-bond acceptors (Lipinski definition) is 4. The van der Waals surface area contributed by atoms with E-state index in [1.165, 1.54) is 19.4 Å². The van der Waals surface area contributed by atoms with Gasteiger partial charge in [0.1, 0.15) is 0 Å². The molecule has 0 aromatic carbocycles. The van der Waals surface area contributed by atoms with Crippen molar-refractivity contribution in [2.75, 3.05) is 12.3 Å². The van der Waals surface area contributed by atoms with Crippen molar-refractivity contribution in [2.45, 2.75) is 32.4 Å². The van der Waals surface area contributed by atoms with Crippen LogP contribution in [0.15, 0.2) is 12.4 Å². The molecule has 14 heavy (non-hydrogen) atoms. The van der Waals surface area contributed by atoms with E-state index in [2.05, 4.69) is 21.8 Å². The first kappa shape index (κ1) is 9.40. The lowest BCUT2D eigenvalue weighted by Gasteiger charge is -2.20. The second-order valence-electron chi connectivity index (χ2n) is 3.91. The molecular weight excluding hydrogens is 176 g/mol. The Morgan fingerprint density at radius 1 is 1.50 bits per heavy atom. The van der Waals surface area contributed by atoms with Gasteiger partial charge in [-0.1, -0.05) is 0 Å². The van der Waals surface area contributed by atoms with Crippen LogP contribution in [0.25, 0.3) is 0 Å². The fourth-order valence-electron chi connectivity index (χ4n) is 1.91. The summed E-state index contributed by atoms with van der Waals surface area (Å²) in [6.45, 7) is 4.40. The van der Waals surface area contributed by atoms with Crippen LogP contribution in [0.5, 0.6) is 0 Å². The van der Waals surface area contributed by atoms with Crippen molar-refractivity contribution >= 4 is 5.95 Å². The van der Waals surface area contributed by atoms with Crippen LogP contribution >= 0.6 is 0 Å². The monoisotopic (exact) mass is 192 g/mol. The highest BCUT2D eigenvalue weighted by Gasteiger charge is 2.19. The zero-order chi connectivity index (χ0) is 9.97. The summed E-state index contributed by atoms with van der Waals surface area (Å²) in [6.07, 6.45) is 6.23. The van der Waals surface area contributed by atoms with Crippen LogP contribution in [0.1, 0.15) is 25.3 Å². The van der Waals surface area contributed by atoms with Gasteiger partial charge < -0.3 is 5.73 Å². The third-order valence-corrected chi connectivity index (χ3v) is 2.80. The van der Waals surface area contributed by atoms with Crippen molar-refractivity contribution in [3.63, 3.8) is 0 Å². The molecule has 1 unspecified atom stereocenters. The highest BCUT2D eigenvalue weighted by molar-refractivity contribution is 5.17. The first-order valence-electron chi connectivity index (χ1n) is 5.06. The molecule has 4 nitrogen and oxygen atoms in total. The standard InChI is InChI=1S/C10H16N4/c1-8-3-2-4-14(8)7-9-5-12-10(11)13-6-9/h5-6,8H,2-4,7H2,1H3,(H2,11,12,13). The molecule has 0 bridgehead atoms. The van der Waals surface area contributed by atoms with Crippen molar-refractivity contribution in [3.05, 3.63) is 18.0 Å². The first-order valence-corrected chi connectivity index (χ1v) is 5.06. The summed E-state index contributed by atoms with van der Waals surface area (Å²) < 4.78 is 0. The SMILES string of the molecule is CC1CCCN1Cc1cnc(N)nc1. The van der Waals surface area contributed by atoms with Gasteiger partial charge in [-0.15, -0.1) is 0 Å². The molecule has 1 aromatic heterocycles. The van der Waals surface area contributed by atoms with Crippen molar-refractivity contribution in [1.29, 1.82) is 0 Å². The number of nitrogens with zero attached hydrogens (tertiary/aromatic N) is 3. The molecule has 0 spiro atoms. The van der Waals surface area contributed by atoms with Gasteiger partial charge in [0.2, 0.25) is 5.95 Å². The summed E-state index contributed by atoms with van der Waals surface area (Å²) in [5.41, 5.74) is 6.57. The van der Waals surface area contributed by atoms with E-state index in [4.69, 9.17) is 5.73 Å². The Labute approximate surface area is 84.2 Å². The van der Waals surface area contributed by atoms with E-state index in [-0.39, 0.29) is 0 Å². The smallest absolute Gasteiger partial charge is 0.219 e. The van der Waals surface area contributed by atoms with E-state index in [0.29, 0.717) is 12.0 Å². The number of nitrogens with two attached hydrogens (primary N) is 1. The predicted molar refractivity (Wildman–Crippen MR) is 55.6 cm³/mol. The van der Waals surface area contributed by atoms with Gasteiger partial charge in [0.05, 0.1) is 0 Å². The van der Waals surface area contributed by atoms with Gasteiger partial charge in [0, 0.05) is 30.5 Å². The lowest BCUT2D eigenvalue weighted by molar-refractivity contribution is 0.260. The predicted octanol–water partition coefficient (Wildman–Crippen LogP) is 1.04. The molecule has 2 heterocycles. The molecule has 0 aliphatic carbocycles. The molecule has 1 saturated heterocycles. The summed E-state index contributed by atoms with van der Waals surface area (Å²) in [5, 5.41) is 0. The Kier molecular flexibility index (Phi) is 2.63. The molecule has 0 amide bonds. The molecule has 1 fully saturated rings. The number of aromatic nitrogens is 2. The van der Waals surface area contributed by atoms with E-state index >= 15 is 0 Å². The van der Waals surface area contributed by atoms with Gasteiger partial charge in [-0.3, -0.25) is 4.90 Å². The van der Waals surface area contributed by atoms with Crippen molar-refractivity contribution in [1.82, 2.24) is 14.9 Å². The average Bonchev–Trinajstić information content (AvgIpc) is 2.56. The van der Waals surface area contributed by atoms with Gasteiger partial charge in [-0.05, 0) is 26.3 Å². The highest BCUT2D eigenvalue weighted by Crippen LogP contribution is 2.18. The zero-order valence-corrected chi connectivity index (χ0v) is 8.48. The van der Waals surface area contributed by atoms with E-state index in [0.717, 1.165) is 12.1 Å². The fourth-order valence-corrected chi connectivity index (χ4v) is 1.91. The van der Waals surface area contributed by atoms with E-state index in [1.54, 1.807) is 0 Å². The van der Waals surface area contributed by atoms with Crippen LogP contribution in [-0.4, -0.2) is 27.5 Å². The topological polar surface area (TPSA) is 55.0 Å². The van der Waals surface area contributed by atoms with E-state index in [1.807, 2.05) is 12.4 Å². The molecule has 1 aliphatic rings. The zero-order valence-electron chi connectivity index (χ0n) is 8.48. The molecule has 2 rings (SSSR count). The maximum atomic E-state index is 5.43. The summed E-state index contributed by atoms with van der Waals surface area (Å²) >= 11 is 0. The molecule has 0 radical (unpaired) electrons. The van der Waals surface area contributed by atoms with Crippen LogP contribution in [-0.2, 0) is 6.54 Å². The van der Waals surface area contributed by atoms with Crippen LogP contribution in [0.2, 0.25) is 0 Å². The van der Waals surface area contributed by atoms with Crippen molar-refractivity contribution in [3.8, 4) is 0 Å². The second kappa shape index (κ2) is 3.92. The van der Waals surface area contributed by atoms with Crippen LogP contribution in [0, 0.1) is 0 Å². The lowest BCUT2D eigenvalue weighted by Crippen LogP contribution is -2.26. The maximum absolute atomic E-state index is 5.43. The fraction of sp³-hybridized carbons (Fsp3) is 0.600. The van der Waals surface area contributed by atoms with Crippen LogP contribution < -0.4 is 5.73 Å². The van der Waals surface area contributed by atoms with Gasteiger partial charge in [-0.25, -0.2) is 9.97 Å². The minimum Gasteiger partial charge on any atom is -0.368 e. The van der Waals surface area contributed by atoms with Crippen LogP contribution in [0.4, 0.5) is 5.95 Å². The van der Waals surface area contributed by atoms with Crippen LogP contribution in [0.3, 0.4) is 0 Å². The van der Waals surface area contributed by atoms with Gasteiger partial charge in [-0.2, -0.15) is 0 Å². The molecule has 1 aromatic rings. The molecule has 0 saturated carbocycles. The Balaban J connectivity index is 2.00. The largest absolute Gasteiger partial charge is 0.368 e. The average molecular weight is 192 g/mol. The Bertz CT molecular complexity index is 295. The first-order chi connectivity index (χ1) is 6.75. The van der Waals surface area contributed by atoms with E-state index in [9.17, 15) is 0 Å². The molecule has 1 aliphatic heterocycles. The Morgan fingerprint density at radius 2 is 2.21 bits per heavy atom. The summed E-state index contributed by atoms with van der Waals surface area (Å²) in [6, 6.07) is 0.688. The summed E-state index contributed by atoms with van der Waals surface area (Å²) in [4.78, 5) is 10.4. The number of hydrogen-bond donors (Lipinski definition) is 1. The molecule has 76 valence electrons. The summed E-state index contributed by atoms with van der Waals surface area (Å²) in [7, 11) is 0. The van der Waals surface area contributed by atoms with Gasteiger partial charge in [0.25, 0.3) is 0 Å². The Morgan fingerprint density at radius 3 is 2.79 bits per heavy atom. The second-order valence-corrected chi connectivity index (χ2v) is 3.91. The minimum absolute atomic E-state index is 0.350. The third kappa shape index (κ3) is 2.01. The molecular formula is C10H16N4. The van der Waals surface area contributed by atoms with Gasteiger partial charge >= 0.3 is 0 Å². The number of likely N-dealkylation sites (tertiary alicyclic amines) is 1. The minimum atomic E-state index is 0.350. The number of rotatable bonds is 2. The van der Waals surface area contributed by atoms with Crippen molar-refractivity contribution in [2.24, 2.45) is 0 Å². The van der Waals surface area contributed by atoms with E-state index < -0.39 is 0 Å². The normalized spacial score (nSPS) is 22.8. The lowest BCUT2D eigenvalue weighted by atomic mass is 10.2. The highest BCUT2D eigenvalue weighted by atomic mass is 15.2.